The van der Waals surface area contributed by atoms with Crippen LogP contribution in [0.2, 0.25) is 0 Å². The van der Waals surface area contributed by atoms with E-state index < -0.39 is 0 Å². The van der Waals surface area contributed by atoms with Gasteiger partial charge in [-0.1, -0.05) is 13.0 Å². The molecule has 0 aliphatic heterocycles. The Morgan fingerprint density at radius 2 is 2.24 bits per heavy atom. The van der Waals surface area contributed by atoms with Crippen LogP contribution >= 0.6 is 11.8 Å². The molecule has 0 heterocycles. The minimum absolute atomic E-state index is 0.130. The Balaban J connectivity index is 2.50. The molecule has 0 fully saturated rings. The van der Waals surface area contributed by atoms with Crippen LogP contribution in [0.1, 0.15) is 25.3 Å². The molecule has 5 N–H and O–H groups in total. The Morgan fingerprint density at radius 1 is 1.53 bits per heavy atom. The lowest BCUT2D eigenvalue weighted by Crippen LogP contribution is -2.30. The monoisotopic (exact) mass is 253 g/mol. The molecule has 1 aromatic rings. The summed E-state index contributed by atoms with van der Waals surface area (Å²) in [6.07, 6.45) is 1.22. The summed E-state index contributed by atoms with van der Waals surface area (Å²) in [5.74, 6) is 4.89. The van der Waals surface area contributed by atoms with E-state index in [1.807, 2.05) is 25.1 Å². The Morgan fingerprint density at radius 3 is 2.82 bits per heavy atom. The van der Waals surface area contributed by atoms with Gasteiger partial charge in [0, 0.05) is 22.3 Å². The number of amides is 1. The molecule has 17 heavy (non-hydrogen) atoms. The van der Waals surface area contributed by atoms with Crippen molar-refractivity contribution in [2.45, 2.75) is 36.8 Å². The zero-order chi connectivity index (χ0) is 12.8. The highest BCUT2D eigenvalue weighted by Gasteiger charge is 2.09. The molecule has 0 saturated heterocycles. The number of carbonyl (C=O) groups is 1. The first-order valence-corrected chi connectivity index (χ1v) is 6.43. The van der Waals surface area contributed by atoms with E-state index in [9.17, 15) is 4.79 Å². The zero-order valence-electron chi connectivity index (χ0n) is 10.2. The van der Waals surface area contributed by atoms with E-state index in [1.54, 1.807) is 11.8 Å². The highest BCUT2D eigenvalue weighted by atomic mass is 32.2. The number of nitrogens with one attached hydrogen (secondary N) is 1. The van der Waals surface area contributed by atoms with Crippen LogP contribution in [0.25, 0.3) is 0 Å². The number of aryl methyl sites for hydroxylation is 1. The van der Waals surface area contributed by atoms with Crippen LogP contribution in [0.15, 0.2) is 23.1 Å². The molecule has 4 nitrogen and oxygen atoms in total. The van der Waals surface area contributed by atoms with Crippen molar-refractivity contribution in [3.05, 3.63) is 23.8 Å². The maximum absolute atomic E-state index is 11.0. The molecule has 0 spiro atoms. The van der Waals surface area contributed by atoms with Crippen molar-refractivity contribution < 1.29 is 4.79 Å². The maximum atomic E-state index is 11.0. The van der Waals surface area contributed by atoms with Crippen LogP contribution in [0.3, 0.4) is 0 Å². The number of carbonyl (C=O) groups excluding carboxylic acids is 1. The van der Waals surface area contributed by atoms with Gasteiger partial charge in [0.05, 0.1) is 0 Å². The second-order valence-electron chi connectivity index (χ2n) is 4.08. The number of anilines is 1. The summed E-state index contributed by atoms with van der Waals surface area (Å²) in [7, 11) is 0. The third-order valence-corrected chi connectivity index (χ3v) is 3.70. The van der Waals surface area contributed by atoms with Gasteiger partial charge in [0.2, 0.25) is 5.91 Å². The van der Waals surface area contributed by atoms with Crippen LogP contribution in [0.4, 0.5) is 5.69 Å². The van der Waals surface area contributed by atoms with E-state index >= 15 is 0 Å². The third-order valence-electron chi connectivity index (χ3n) is 2.43. The number of hydrogen-bond acceptors (Lipinski definition) is 4. The van der Waals surface area contributed by atoms with Crippen LogP contribution in [0.5, 0.6) is 0 Å². The normalized spacial score (nSPS) is 12.2. The van der Waals surface area contributed by atoms with Gasteiger partial charge in [-0.15, -0.1) is 11.8 Å². The second-order valence-corrected chi connectivity index (χ2v) is 5.56. The number of nitrogens with two attached hydrogens (primary N) is 2. The molecule has 94 valence electrons. The summed E-state index contributed by atoms with van der Waals surface area (Å²) in [5, 5.41) is 0.331. The van der Waals surface area contributed by atoms with Crippen molar-refractivity contribution in [3.8, 4) is 0 Å². The van der Waals surface area contributed by atoms with Gasteiger partial charge in [-0.2, -0.15) is 0 Å². The molecular formula is C12H19N3OS. The number of thioether (sulfide) groups is 1. The van der Waals surface area contributed by atoms with Crippen LogP contribution in [0, 0.1) is 6.92 Å². The summed E-state index contributed by atoms with van der Waals surface area (Å²) in [6, 6.07) is 6.02. The van der Waals surface area contributed by atoms with Gasteiger partial charge < -0.3 is 5.73 Å². The first kappa shape index (κ1) is 13.9. The number of hydrazine groups is 1. The summed E-state index contributed by atoms with van der Waals surface area (Å²) < 4.78 is 0. The molecule has 1 amide bonds. The number of hydrogen-bond donors (Lipinski definition) is 3. The summed E-state index contributed by atoms with van der Waals surface area (Å²) in [4.78, 5) is 12.1. The lowest BCUT2D eigenvalue weighted by atomic mass is 10.2. The largest absolute Gasteiger partial charge is 0.398 e. The van der Waals surface area contributed by atoms with Crippen molar-refractivity contribution in [2.24, 2.45) is 5.84 Å². The van der Waals surface area contributed by atoms with E-state index in [1.165, 1.54) is 0 Å². The molecule has 0 saturated carbocycles. The third kappa shape index (κ3) is 4.66. The standard InChI is InChI=1S/C12H19N3OS/c1-8-3-5-11(10(13)7-8)17-9(2)4-6-12(16)15-14/h3,5,7,9H,4,6,13-14H2,1-2H3,(H,15,16). The van der Waals surface area contributed by atoms with Crippen molar-refractivity contribution in [1.82, 2.24) is 5.43 Å². The Kier molecular flexibility index (Phi) is 5.31. The number of benzene rings is 1. The molecular weight excluding hydrogens is 234 g/mol. The Bertz CT molecular complexity index is 395. The van der Waals surface area contributed by atoms with E-state index in [0.29, 0.717) is 11.7 Å². The molecule has 0 bridgehead atoms. The maximum Gasteiger partial charge on any atom is 0.233 e. The quantitative estimate of drug-likeness (QED) is 0.246. The smallest absolute Gasteiger partial charge is 0.233 e. The summed E-state index contributed by atoms with van der Waals surface area (Å²) in [5.41, 5.74) is 10.0. The highest BCUT2D eigenvalue weighted by molar-refractivity contribution is 8.00. The zero-order valence-corrected chi connectivity index (χ0v) is 11.0. The van der Waals surface area contributed by atoms with Gasteiger partial charge in [0.25, 0.3) is 0 Å². The summed E-state index contributed by atoms with van der Waals surface area (Å²) in [6.45, 7) is 4.09. The van der Waals surface area contributed by atoms with Crippen LogP contribution in [-0.2, 0) is 4.79 Å². The fourth-order valence-electron chi connectivity index (χ4n) is 1.46. The molecule has 1 unspecified atom stereocenters. The van der Waals surface area contributed by atoms with Crippen molar-refractivity contribution >= 4 is 23.4 Å². The van der Waals surface area contributed by atoms with Gasteiger partial charge >= 0.3 is 0 Å². The van der Waals surface area contributed by atoms with E-state index in [2.05, 4.69) is 12.3 Å². The van der Waals surface area contributed by atoms with Crippen LogP contribution in [-0.4, -0.2) is 11.2 Å². The minimum Gasteiger partial charge on any atom is -0.398 e. The predicted octanol–water partition coefficient (Wildman–Crippen LogP) is 1.83. The molecule has 0 aromatic heterocycles. The molecule has 5 heteroatoms. The fraction of sp³-hybridized carbons (Fsp3) is 0.417. The van der Waals surface area contributed by atoms with Crippen molar-refractivity contribution in [3.63, 3.8) is 0 Å². The van der Waals surface area contributed by atoms with Crippen LogP contribution < -0.4 is 17.0 Å². The molecule has 0 radical (unpaired) electrons. The topological polar surface area (TPSA) is 81.1 Å². The first-order valence-electron chi connectivity index (χ1n) is 5.55. The average molecular weight is 253 g/mol. The van der Waals surface area contributed by atoms with Gasteiger partial charge in [-0.05, 0) is 31.0 Å². The Hall–Kier alpha value is -1.20. The van der Waals surface area contributed by atoms with Gasteiger partial charge in [0.1, 0.15) is 0 Å². The van der Waals surface area contributed by atoms with Crippen molar-refractivity contribution in [1.29, 1.82) is 0 Å². The highest BCUT2D eigenvalue weighted by Crippen LogP contribution is 2.31. The van der Waals surface area contributed by atoms with E-state index in [-0.39, 0.29) is 5.91 Å². The van der Waals surface area contributed by atoms with Crippen molar-refractivity contribution in [2.75, 3.05) is 5.73 Å². The summed E-state index contributed by atoms with van der Waals surface area (Å²) >= 11 is 1.69. The number of nitrogen functional groups attached to an aromatic ring is 1. The molecule has 1 rings (SSSR count). The second kappa shape index (κ2) is 6.51. The average Bonchev–Trinajstić information content (AvgIpc) is 2.29. The van der Waals surface area contributed by atoms with E-state index in [4.69, 9.17) is 11.6 Å². The lowest BCUT2D eigenvalue weighted by molar-refractivity contribution is -0.121. The molecule has 1 aromatic carbocycles. The van der Waals surface area contributed by atoms with Gasteiger partial charge in [-0.25, -0.2) is 5.84 Å². The van der Waals surface area contributed by atoms with Gasteiger partial charge in [-0.3, -0.25) is 10.2 Å². The predicted molar refractivity (Wildman–Crippen MR) is 72.5 cm³/mol. The molecule has 0 aliphatic rings. The first-order chi connectivity index (χ1) is 8.02. The fourth-order valence-corrected chi connectivity index (χ4v) is 2.47. The molecule has 1 atom stereocenters. The Labute approximate surface area is 106 Å². The van der Waals surface area contributed by atoms with E-state index in [0.717, 1.165) is 22.6 Å². The van der Waals surface area contributed by atoms with Gasteiger partial charge in [0.15, 0.2) is 0 Å². The number of rotatable bonds is 5. The minimum atomic E-state index is -0.130. The lowest BCUT2D eigenvalue weighted by Gasteiger charge is -2.12. The SMILES string of the molecule is Cc1ccc(SC(C)CCC(=O)NN)c(N)c1. The molecule has 0 aliphatic carbocycles.